The molecule has 1 rings (SSSR count). The van der Waals surface area contributed by atoms with Crippen LogP contribution in [0.25, 0.3) is 0 Å². The topological polar surface area (TPSA) is 52.6 Å². The maximum atomic E-state index is 12.7. The summed E-state index contributed by atoms with van der Waals surface area (Å²) in [5, 5.41) is 0. The van der Waals surface area contributed by atoms with E-state index in [-0.39, 0.29) is 26.1 Å². The molecule has 0 aliphatic heterocycles. The number of ether oxygens (including phenoxy) is 2. The normalized spacial score (nSPS) is 10.0. The average Bonchev–Trinajstić information content (AvgIpc) is 2.67. The summed E-state index contributed by atoms with van der Waals surface area (Å²) < 4.78 is 10.4. The van der Waals surface area contributed by atoms with E-state index < -0.39 is 17.4 Å². The summed E-state index contributed by atoms with van der Waals surface area (Å²) >= 11 is 0. The van der Waals surface area contributed by atoms with Crippen LogP contribution in [-0.4, -0.2) is 25.2 Å². The Balaban J connectivity index is 3.14. The molecule has 0 saturated carbocycles. The standard InChI is InChI=1S/C23H28O4/c1-4-7-8-9-13-18-23(21(24)26-5-2,22(25)27-6-3)19-14-17-20-15-11-10-12-16-20/h10-12,15-16H,4-8,18-19H2,1-3H3. The molecule has 1 aromatic carbocycles. The number of carbonyl (C=O) groups is 2. The van der Waals surface area contributed by atoms with E-state index in [0.717, 1.165) is 24.8 Å². The van der Waals surface area contributed by atoms with Gasteiger partial charge in [0.25, 0.3) is 0 Å². The second-order valence-electron chi connectivity index (χ2n) is 6.00. The molecule has 0 bridgehead atoms. The van der Waals surface area contributed by atoms with Crippen LogP contribution < -0.4 is 0 Å². The Bertz CT molecular complexity index is 695. The quantitative estimate of drug-likeness (QED) is 0.300. The lowest BCUT2D eigenvalue weighted by atomic mass is 9.81. The first-order valence-corrected chi connectivity index (χ1v) is 9.44. The van der Waals surface area contributed by atoms with E-state index in [0.29, 0.717) is 0 Å². The van der Waals surface area contributed by atoms with Gasteiger partial charge in [0.1, 0.15) is 0 Å². The molecule has 0 saturated heterocycles. The lowest BCUT2D eigenvalue weighted by molar-refractivity contribution is -0.171. The average molecular weight is 368 g/mol. The van der Waals surface area contributed by atoms with Crippen molar-refractivity contribution in [3.05, 3.63) is 35.9 Å². The van der Waals surface area contributed by atoms with Gasteiger partial charge in [-0.2, -0.15) is 0 Å². The Morgan fingerprint density at radius 2 is 1.48 bits per heavy atom. The highest BCUT2D eigenvalue weighted by Gasteiger charge is 2.48. The third-order valence-electron chi connectivity index (χ3n) is 3.90. The van der Waals surface area contributed by atoms with Crippen LogP contribution >= 0.6 is 0 Å². The Morgan fingerprint density at radius 3 is 2.04 bits per heavy atom. The van der Waals surface area contributed by atoms with Crippen LogP contribution in [-0.2, 0) is 19.1 Å². The van der Waals surface area contributed by atoms with E-state index in [1.54, 1.807) is 13.8 Å². The van der Waals surface area contributed by atoms with Crippen molar-refractivity contribution in [2.24, 2.45) is 5.41 Å². The van der Waals surface area contributed by atoms with Crippen LogP contribution in [0, 0.1) is 29.1 Å². The first-order chi connectivity index (χ1) is 13.1. The summed E-state index contributed by atoms with van der Waals surface area (Å²) in [6.07, 6.45) is 2.79. The Labute approximate surface area is 162 Å². The zero-order valence-electron chi connectivity index (χ0n) is 16.5. The van der Waals surface area contributed by atoms with Crippen LogP contribution in [0.5, 0.6) is 0 Å². The van der Waals surface area contributed by atoms with E-state index in [2.05, 4.69) is 30.6 Å². The van der Waals surface area contributed by atoms with Crippen molar-refractivity contribution in [1.82, 2.24) is 0 Å². The molecule has 0 unspecified atom stereocenters. The van der Waals surface area contributed by atoms with E-state index >= 15 is 0 Å². The maximum absolute atomic E-state index is 12.7. The zero-order valence-corrected chi connectivity index (χ0v) is 16.5. The van der Waals surface area contributed by atoms with Crippen molar-refractivity contribution in [2.75, 3.05) is 13.2 Å². The molecular weight excluding hydrogens is 340 g/mol. The molecule has 0 radical (unpaired) electrons. The van der Waals surface area contributed by atoms with Gasteiger partial charge in [-0.1, -0.05) is 43.4 Å². The van der Waals surface area contributed by atoms with Gasteiger partial charge >= 0.3 is 11.9 Å². The highest BCUT2D eigenvalue weighted by atomic mass is 16.6. The van der Waals surface area contributed by atoms with Crippen molar-refractivity contribution < 1.29 is 19.1 Å². The van der Waals surface area contributed by atoms with E-state index in [1.165, 1.54) is 0 Å². The van der Waals surface area contributed by atoms with Crippen LogP contribution in [0.4, 0.5) is 0 Å². The second-order valence-corrected chi connectivity index (χ2v) is 6.00. The lowest BCUT2D eigenvalue weighted by Crippen LogP contribution is -2.41. The molecule has 0 amide bonds. The van der Waals surface area contributed by atoms with Crippen molar-refractivity contribution >= 4 is 11.9 Å². The largest absolute Gasteiger partial charge is 0.465 e. The van der Waals surface area contributed by atoms with Crippen LogP contribution in [0.1, 0.15) is 58.4 Å². The number of hydrogen-bond acceptors (Lipinski definition) is 4. The molecular formula is C23H28O4. The van der Waals surface area contributed by atoms with Gasteiger partial charge in [0.15, 0.2) is 5.41 Å². The van der Waals surface area contributed by atoms with Crippen molar-refractivity contribution in [3.8, 4) is 23.7 Å². The molecule has 0 heterocycles. The van der Waals surface area contributed by atoms with Crippen LogP contribution in [0.3, 0.4) is 0 Å². The number of rotatable bonds is 8. The molecule has 27 heavy (non-hydrogen) atoms. The molecule has 144 valence electrons. The molecule has 0 fully saturated rings. The van der Waals surface area contributed by atoms with Crippen molar-refractivity contribution in [3.63, 3.8) is 0 Å². The number of unbranched alkanes of at least 4 members (excludes halogenated alkanes) is 2. The fourth-order valence-corrected chi connectivity index (χ4v) is 2.36. The number of carbonyl (C=O) groups excluding carboxylic acids is 2. The van der Waals surface area contributed by atoms with Gasteiger partial charge in [-0.25, -0.2) is 0 Å². The monoisotopic (exact) mass is 368 g/mol. The van der Waals surface area contributed by atoms with Crippen molar-refractivity contribution in [1.29, 1.82) is 0 Å². The molecule has 1 aromatic rings. The minimum Gasteiger partial charge on any atom is -0.465 e. The summed E-state index contributed by atoms with van der Waals surface area (Å²) in [7, 11) is 0. The van der Waals surface area contributed by atoms with Gasteiger partial charge < -0.3 is 9.47 Å². The van der Waals surface area contributed by atoms with Gasteiger partial charge in [0.05, 0.1) is 13.2 Å². The third-order valence-corrected chi connectivity index (χ3v) is 3.90. The highest BCUT2D eigenvalue weighted by molar-refractivity contribution is 6.00. The van der Waals surface area contributed by atoms with Gasteiger partial charge in [-0.15, -0.1) is 11.8 Å². The van der Waals surface area contributed by atoms with E-state index in [1.807, 2.05) is 30.3 Å². The predicted molar refractivity (Wildman–Crippen MR) is 106 cm³/mol. The summed E-state index contributed by atoms with van der Waals surface area (Å²) in [5.74, 6) is 10.7. The Hall–Kier alpha value is -2.72. The molecule has 0 N–H and O–H groups in total. The fraction of sp³-hybridized carbons (Fsp3) is 0.478. The molecule has 4 heteroatoms. The zero-order chi connectivity index (χ0) is 20.0. The Morgan fingerprint density at radius 1 is 0.889 bits per heavy atom. The van der Waals surface area contributed by atoms with Gasteiger partial charge in [-0.05, 0) is 32.4 Å². The molecule has 0 aliphatic rings. The van der Waals surface area contributed by atoms with Crippen LogP contribution in [0.2, 0.25) is 0 Å². The SMILES string of the molecule is CCCCC#CCC(CC#Cc1ccccc1)(C(=O)OCC)C(=O)OCC. The van der Waals surface area contributed by atoms with Gasteiger partial charge in [0.2, 0.25) is 0 Å². The van der Waals surface area contributed by atoms with Gasteiger partial charge in [-0.3, -0.25) is 9.59 Å². The minimum atomic E-state index is -1.52. The second kappa shape index (κ2) is 12.6. The third kappa shape index (κ3) is 7.19. The summed E-state index contributed by atoms with van der Waals surface area (Å²) in [5.41, 5.74) is -0.708. The highest BCUT2D eigenvalue weighted by Crippen LogP contribution is 2.30. The fourth-order valence-electron chi connectivity index (χ4n) is 2.36. The number of esters is 2. The number of hydrogen-bond donors (Lipinski definition) is 0. The summed E-state index contributed by atoms with van der Waals surface area (Å²) in [6.45, 7) is 5.85. The molecule has 0 atom stereocenters. The van der Waals surface area contributed by atoms with Crippen molar-refractivity contribution in [2.45, 2.75) is 52.9 Å². The van der Waals surface area contributed by atoms with E-state index in [4.69, 9.17) is 9.47 Å². The summed E-state index contributed by atoms with van der Waals surface area (Å²) in [4.78, 5) is 25.4. The first-order valence-electron chi connectivity index (χ1n) is 9.44. The minimum absolute atomic E-state index is 0.00200. The lowest BCUT2D eigenvalue weighted by Gasteiger charge is -2.25. The number of benzene rings is 1. The first kappa shape index (κ1) is 22.3. The predicted octanol–water partition coefficient (Wildman–Crippen LogP) is 4.12. The molecule has 0 aliphatic carbocycles. The van der Waals surface area contributed by atoms with E-state index in [9.17, 15) is 9.59 Å². The van der Waals surface area contributed by atoms with Crippen LogP contribution in [0.15, 0.2) is 30.3 Å². The smallest absolute Gasteiger partial charge is 0.325 e. The van der Waals surface area contributed by atoms with Gasteiger partial charge in [0, 0.05) is 24.8 Å². The molecule has 4 nitrogen and oxygen atoms in total. The summed E-state index contributed by atoms with van der Waals surface area (Å²) in [6, 6.07) is 9.40. The molecule has 0 aromatic heterocycles. The maximum Gasteiger partial charge on any atom is 0.325 e. The molecule has 0 spiro atoms. The Kier molecular flexibility index (Phi) is 10.4.